The SMILES string of the molecule is CCOC(=O)c1sc2ncn(CC(=O)Nc3ccc(Br)c(C)c3C)c(=O)c2c1C. The van der Waals surface area contributed by atoms with Crippen molar-refractivity contribution >= 4 is 55.0 Å². The molecule has 0 spiro atoms. The smallest absolute Gasteiger partial charge is 0.348 e. The number of hydrogen-bond donors (Lipinski definition) is 1. The fraction of sp³-hybridized carbons (Fsp3) is 0.300. The van der Waals surface area contributed by atoms with E-state index in [0.29, 0.717) is 26.3 Å². The second-order valence-electron chi connectivity index (χ2n) is 6.53. The number of hydrogen-bond acceptors (Lipinski definition) is 6. The Morgan fingerprint density at radius 1 is 1.21 bits per heavy atom. The van der Waals surface area contributed by atoms with Crippen LogP contribution in [0.3, 0.4) is 0 Å². The number of aromatic nitrogens is 2. The van der Waals surface area contributed by atoms with Gasteiger partial charge in [-0.05, 0) is 56.5 Å². The van der Waals surface area contributed by atoms with Crippen molar-refractivity contribution in [2.75, 3.05) is 11.9 Å². The van der Waals surface area contributed by atoms with Gasteiger partial charge >= 0.3 is 5.97 Å². The number of amides is 1. The Kier molecular flexibility index (Phi) is 6.18. The van der Waals surface area contributed by atoms with Crippen molar-refractivity contribution in [2.45, 2.75) is 34.2 Å². The lowest BCUT2D eigenvalue weighted by atomic mass is 10.1. The van der Waals surface area contributed by atoms with Gasteiger partial charge in [0.05, 0.1) is 18.3 Å². The fourth-order valence-corrected chi connectivity index (χ4v) is 4.39. The summed E-state index contributed by atoms with van der Waals surface area (Å²) in [5, 5.41) is 3.18. The number of carbonyl (C=O) groups excluding carboxylic acids is 2. The summed E-state index contributed by atoms with van der Waals surface area (Å²) in [6, 6.07) is 3.67. The fourth-order valence-electron chi connectivity index (χ4n) is 2.93. The summed E-state index contributed by atoms with van der Waals surface area (Å²) in [7, 11) is 0. The van der Waals surface area contributed by atoms with E-state index in [9.17, 15) is 14.4 Å². The summed E-state index contributed by atoms with van der Waals surface area (Å²) in [5.41, 5.74) is 2.83. The molecule has 1 amide bonds. The molecule has 1 aromatic carbocycles. The van der Waals surface area contributed by atoms with E-state index < -0.39 is 5.97 Å². The van der Waals surface area contributed by atoms with Crippen LogP contribution >= 0.6 is 27.3 Å². The van der Waals surface area contributed by atoms with Crippen LogP contribution in [0.4, 0.5) is 5.69 Å². The summed E-state index contributed by atoms with van der Waals surface area (Å²) in [6.45, 7) is 7.35. The van der Waals surface area contributed by atoms with Crippen molar-refractivity contribution in [3.8, 4) is 0 Å². The first-order chi connectivity index (χ1) is 13.7. The topological polar surface area (TPSA) is 90.3 Å². The number of rotatable bonds is 5. The van der Waals surface area contributed by atoms with E-state index in [4.69, 9.17) is 4.74 Å². The lowest BCUT2D eigenvalue weighted by molar-refractivity contribution is -0.116. The van der Waals surface area contributed by atoms with Gasteiger partial charge < -0.3 is 10.1 Å². The van der Waals surface area contributed by atoms with Crippen LogP contribution in [-0.2, 0) is 16.1 Å². The first-order valence-electron chi connectivity index (χ1n) is 8.95. The molecule has 152 valence electrons. The highest BCUT2D eigenvalue weighted by Gasteiger charge is 2.21. The molecular weight excluding hydrogens is 458 g/mol. The van der Waals surface area contributed by atoms with E-state index in [0.717, 1.165) is 26.9 Å². The lowest BCUT2D eigenvalue weighted by Gasteiger charge is -2.12. The second kappa shape index (κ2) is 8.46. The predicted molar refractivity (Wildman–Crippen MR) is 117 cm³/mol. The molecule has 0 saturated heterocycles. The quantitative estimate of drug-likeness (QED) is 0.561. The molecule has 0 bridgehead atoms. The maximum atomic E-state index is 12.9. The third-order valence-electron chi connectivity index (χ3n) is 4.69. The second-order valence-corrected chi connectivity index (χ2v) is 8.38. The summed E-state index contributed by atoms with van der Waals surface area (Å²) in [4.78, 5) is 42.6. The zero-order chi connectivity index (χ0) is 21.3. The number of halogens is 1. The van der Waals surface area contributed by atoms with E-state index >= 15 is 0 Å². The highest BCUT2D eigenvalue weighted by molar-refractivity contribution is 9.10. The molecule has 0 radical (unpaired) electrons. The van der Waals surface area contributed by atoms with Gasteiger partial charge in [0.15, 0.2) is 0 Å². The summed E-state index contributed by atoms with van der Waals surface area (Å²) >= 11 is 4.58. The highest BCUT2D eigenvalue weighted by Crippen LogP contribution is 2.28. The Labute approximate surface area is 179 Å². The number of ether oxygens (including phenoxy) is 1. The maximum absolute atomic E-state index is 12.9. The van der Waals surface area contributed by atoms with Gasteiger partial charge in [0.1, 0.15) is 16.3 Å². The van der Waals surface area contributed by atoms with Crippen molar-refractivity contribution in [1.82, 2.24) is 9.55 Å². The molecule has 1 N–H and O–H groups in total. The van der Waals surface area contributed by atoms with E-state index in [1.54, 1.807) is 13.8 Å². The van der Waals surface area contributed by atoms with Crippen molar-refractivity contribution < 1.29 is 14.3 Å². The monoisotopic (exact) mass is 477 g/mol. The van der Waals surface area contributed by atoms with Crippen LogP contribution in [0.1, 0.15) is 33.3 Å². The molecule has 3 aromatic rings. The predicted octanol–water partition coefficient (Wildman–Crippen LogP) is 3.96. The van der Waals surface area contributed by atoms with Crippen LogP contribution < -0.4 is 10.9 Å². The largest absolute Gasteiger partial charge is 0.462 e. The summed E-state index contributed by atoms with van der Waals surface area (Å²) < 4.78 is 7.24. The number of aryl methyl sites for hydroxylation is 1. The third-order valence-corrected chi connectivity index (χ3v) is 6.73. The molecule has 2 heterocycles. The molecule has 0 atom stereocenters. The summed E-state index contributed by atoms with van der Waals surface area (Å²) in [5.74, 6) is -0.811. The number of nitrogens with zero attached hydrogens (tertiary/aromatic N) is 2. The number of fused-ring (bicyclic) bond motifs is 1. The molecule has 9 heteroatoms. The first kappa shape index (κ1) is 21.2. The van der Waals surface area contributed by atoms with Crippen LogP contribution in [0.25, 0.3) is 10.2 Å². The molecule has 2 aromatic heterocycles. The number of nitrogens with one attached hydrogen (secondary N) is 1. The molecule has 29 heavy (non-hydrogen) atoms. The number of anilines is 1. The average Bonchev–Trinajstić information content (AvgIpc) is 3.02. The van der Waals surface area contributed by atoms with Gasteiger partial charge in [-0.3, -0.25) is 14.2 Å². The maximum Gasteiger partial charge on any atom is 0.348 e. The van der Waals surface area contributed by atoms with Crippen molar-refractivity contribution in [1.29, 1.82) is 0 Å². The van der Waals surface area contributed by atoms with Gasteiger partial charge in [0, 0.05) is 10.2 Å². The van der Waals surface area contributed by atoms with Crippen LogP contribution in [0.2, 0.25) is 0 Å². The van der Waals surface area contributed by atoms with Crippen LogP contribution in [0.15, 0.2) is 27.7 Å². The number of benzene rings is 1. The van der Waals surface area contributed by atoms with Crippen molar-refractivity contribution in [3.05, 3.63) is 54.9 Å². The van der Waals surface area contributed by atoms with Crippen molar-refractivity contribution in [2.24, 2.45) is 0 Å². The van der Waals surface area contributed by atoms with Gasteiger partial charge in [0.2, 0.25) is 5.91 Å². The van der Waals surface area contributed by atoms with E-state index in [1.807, 2.05) is 26.0 Å². The zero-order valence-corrected chi connectivity index (χ0v) is 18.9. The molecule has 0 aliphatic rings. The van der Waals surface area contributed by atoms with Gasteiger partial charge in [-0.25, -0.2) is 9.78 Å². The summed E-state index contributed by atoms with van der Waals surface area (Å²) in [6.07, 6.45) is 1.33. The minimum absolute atomic E-state index is 0.180. The van der Waals surface area contributed by atoms with E-state index in [1.165, 1.54) is 10.9 Å². The van der Waals surface area contributed by atoms with Crippen LogP contribution in [-0.4, -0.2) is 28.0 Å². The molecule has 7 nitrogen and oxygen atoms in total. The Balaban J connectivity index is 1.89. The number of carbonyl (C=O) groups is 2. The zero-order valence-electron chi connectivity index (χ0n) is 16.5. The minimum atomic E-state index is -0.474. The van der Waals surface area contributed by atoms with E-state index in [-0.39, 0.29) is 24.6 Å². The Morgan fingerprint density at radius 2 is 1.93 bits per heavy atom. The Morgan fingerprint density at radius 3 is 2.62 bits per heavy atom. The Bertz CT molecular complexity index is 1180. The first-order valence-corrected chi connectivity index (χ1v) is 10.6. The van der Waals surface area contributed by atoms with Crippen molar-refractivity contribution in [3.63, 3.8) is 0 Å². The average molecular weight is 478 g/mol. The molecule has 0 unspecified atom stereocenters. The molecule has 0 aliphatic heterocycles. The molecule has 0 saturated carbocycles. The molecule has 0 fully saturated rings. The van der Waals surface area contributed by atoms with Gasteiger partial charge in [-0.1, -0.05) is 15.9 Å². The molecule has 3 rings (SSSR count). The molecule has 0 aliphatic carbocycles. The Hall–Kier alpha value is -2.52. The van der Waals surface area contributed by atoms with Crippen LogP contribution in [0.5, 0.6) is 0 Å². The third kappa shape index (κ3) is 4.11. The van der Waals surface area contributed by atoms with Crippen LogP contribution in [0, 0.1) is 20.8 Å². The van der Waals surface area contributed by atoms with Gasteiger partial charge in [-0.15, -0.1) is 11.3 Å². The normalized spacial score (nSPS) is 10.9. The van der Waals surface area contributed by atoms with E-state index in [2.05, 4.69) is 26.2 Å². The number of esters is 1. The lowest BCUT2D eigenvalue weighted by Crippen LogP contribution is -2.28. The highest BCUT2D eigenvalue weighted by atomic mass is 79.9. The standard InChI is InChI=1S/C20H20BrN3O4S/c1-5-28-20(27)17-12(4)16-18(29-17)22-9-24(19(16)26)8-15(25)23-14-7-6-13(21)10(2)11(14)3/h6-7,9H,5,8H2,1-4H3,(H,23,25). The van der Waals surface area contributed by atoms with Gasteiger partial charge in [0.25, 0.3) is 5.56 Å². The minimum Gasteiger partial charge on any atom is -0.462 e. The van der Waals surface area contributed by atoms with Gasteiger partial charge in [-0.2, -0.15) is 0 Å². The molecular formula is C20H20BrN3O4S. The number of thiophene rings is 1.